The summed E-state index contributed by atoms with van der Waals surface area (Å²) < 4.78 is 43.0. The molecule has 0 saturated carbocycles. The number of esters is 1. The molecule has 9 rings (SSSR count). The zero-order valence-corrected chi connectivity index (χ0v) is 52.4. The lowest BCUT2D eigenvalue weighted by Gasteiger charge is -2.34. The van der Waals surface area contributed by atoms with E-state index in [2.05, 4.69) is 93.0 Å². The topological polar surface area (TPSA) is 464 Å². The van der Waals surface area contributed by atoms with Crippen LogP contribution in [-0.2, 0) is 37.9 Å². The molecule has 7 fully saturated rings. The van der Waals surface area contributed by atoms with Crippen LogP contribution in [0.1, 0.15) is 64.7 Å². The van der Waals surface area contributed by atoms with Gasteiger partial charge >= 0.3 is 5.97 Å². The Morgan fingerprint density at radius 3 is 1.98 bits per heavy atom. The van der Waals surface area contributed by atoms with Gasteiger partial charge in [0.1, 0.15) is 22.6 Å². The number of amides is 4. The summed E-state index contributed by atoms with van der Waals surface area (Å²) in [7, 11) is -1.50. The lowest BCUT2D eigenvalue weighted by Crippen LogP contribution is -2.53. The number of fused-ring (bicyclic) bond motifs is 1. The fourth-order valence-corrected chi connectivity index (χ4v) is 10.4. The molecule has 4 amide bonds. The number of rotatable bonds is 8. The number of nitrogens with zero attached hydrogens (tertiary/aromatic N) is 7. The van der Waals surface area contributed by atoms with Crippen molar-refractivity contribution in [3.8, 4) is 6.07 Å². The number of piperidine rings is 6. The number of nitrogens with one attached hydrogen (secondary N) is 5. The molecule has 18 N–H and O–H groups in total. The van der Waals surface area contributed by atoms with E-state index >= 15 is 0 Å². The summed E-state index contributed by atoms with van der Waals surface area (Å²) in [5.41, 5.74) is 21.3. The molecule has 0 spiro atoms. The summed E-state index contributed by atoms with van der Waals surface area (Å²) in [6.45, 7) is 13.3. The first-order valence-corrected chi connectivity index (χ1v) is 32.5. The van der Waals surface area contributed by atoms with E-state index in [1.807, 2.05) is 0 Å². The number of aromatic nitrogens is 4. The Balaban J connectivity index is 0.000000331. The molecular weight excluding hydrogens is 1310 g/mol. The van der Waals surface area contributed by atoms with E-state index in [4.69, 9.17) is 87.8 Å². The molecule has 0 bridgehead atoms. The monoisotopic (exact) mass is 1390 g/mol. The highest BCUT2D eigenvalue weighted by Gasteiger charge is 2.47. The third-order valence-electron chi connectivity index (χ3n) is 12.2. The molecule has 7 aliphatic rings. The standard InChI is InChI=1S/C9H14FN5O.C8H16INO2Si.C7H11NO3.C5H10Cl2N2O.C5H10N2O2.C5H7NO2.C5H9NO2.C4H3ClFN3/c10-7-8(12)13-4-14-9(7)15-2-1-6(16)5(11)3-15;1-13(2,3)12-6-4-5-10-8(11)7(6)9;1-2-11-7(10)5-6(9)3-4-8;6-8-4-3-9(7)2-1-5(4)10;6-4-3(8)1-2-7-5(4)9;7-5-4-3(8-4)1-2-6-5;7-4-1-2-6-5(8)3-4;5-3-2(6)4(7)9-1-8-3/h4-6,16H,1-3,11H2,(H2,12,13,14);6-7H,4-5H2,1-3H3,(H,10,11);6,9H,2-3,5H2,1H3;4-5,8,10H,1-3H2;3-4,8H,1-2,6H2,(H,7,9);3-4H,1-2H2,(H,6,7);4,7H,1-3H2,(H,6,8);1H,(H2,7,8,9)/t5-,6-;6-,7+;6-;4-,5-;3-,4+;3-,4-;4-;/m0000000./s1. The number of nitrogens with two attached hydrogens (primary N) is 4. The van der Waals surface area contributed by atoms with Crippen LogP contribution in [0.15, 0.2) is 12.7 Å². The Hall–Kier alpha value is -4.36. The predicted molar refractivity (Wildman–Crippen MR) is 317 cm³/mol. The zero-order chi connectivity index (χ0) is 63.3. The van der Waals surface area contributed by atoms with Gasteiger partial charge in [-0.05, 0) is 88.6 Å². The number of halogens is 6. The van der Waals surface area contributed by atoms with Crippen molar-refractivity contribution in [2.45, 2.75) is 155 Å². The first kappa shape index (κ1) is 75.7. The van der Waals surface area contributed by atoms with Crippen LogP contribution in [0.25, 0.3) is 0 Å². The third kappa shape index (κ3) is 29.4. The highest BCUT2D eigenvalue weighted by atomic mass is 127. The molecule has 476 valence electrons. The van der Waals surface area contributed by atoms with Gasteiger partial charge in [0.25, 0.3) is 5.91 Å². The van der Waals surface area contributed by atoms with E-state index < -0.39 is 62.4 Å². The minimum absolute atomic E-state index is 0.0157. The third-order valence-corrected chi connectivity index (χ3v) is 15.5. The number of ether oxygens (including phenoxy) is 2. The number of nitrogen functional groups attached to an aromatic ring is 2. The van der Waals surface area contributed by atoms with Crippen molar-refractivity contribution in [2.75, 3.05) is 75.3 Å². The summed E-state index contributed by atoms with van der Waals surface area (Å²) in [5.74, 6) is -2.22. The number of hydrogen-bond acceptors (Lipinski definition) is 25. The average molecular weight is 1390 g/mol. The maximum Gasteiger partial charge on any atom is 0.308 e. The number of carbonyl (C=O) groups is 5. The Morgan fingerprint density at radius 1 is 0.869 bits per heavy atom. The van der Waals surface area contributed by atoms with Gasteiger partial charge in [0.15, 0.2) is 37.0 Å². The Bertz CT molecular complexity index is 2390. The van der Waals surface area contributed by atoms with Gasteiger partial charge in [0.05, 0.1) is 80.7 Å². The van der Waals surface area contributed by atoms with Crippen LogP contribution in [0, 0.1) is 23.0 Å². The molecule has 9 heterocycles. The highest BCUT2D eigenvalue weighted by molar-refractivity contribution is 14.1. The molecule has 29 nitrogen and oxygen atoms in total. The van der Waals surface area contributed by atoms with Crippen LogP contribution in [0.3, 0.4) is 0 Å². The van der Waals surface area contributed by atoms with E-state index in [0.717, 1.165) is 38.8 Å². The van der Waals surface area contributed by atoms with Gasteiger partial charge in [-0.3, -0.25) is 24.0 Å². The first-order chi connectivity index (χ1) is 39.5. The molecule has 7 saturated heterocycles. The SMILES string of the molecule is CCOC(=O)C[C@@H](O)CC#N.C[Si](C)(C)O[C@H]1CCNC(=O)[C@@H]1I.N[C@H]1C(=O)NCC[C@@H]1O.Nc1ncnc(Cl)c1F.Nc1ncnc(N2CC[C@H](O)[C@@H](N)C2)c1F.O=C1C[C@@H](O)CCN1.O=C1NCC[C@@H]2O[C@H]12.O[C@H]1CCN(Cl)C[C@@H]1NCl. The fraction of sp³-hybridized carbons (Fsp3) is 0.708. The lowest BCUT2D eigenvalue weighted by molar-refractivity contribution is -0.145. The Morgan fingerprint density at radius 2 is 1.46 bits per heavy atom. The van der Waals surface area contributed by atoms with Gasteiger partial charge in [0, 0.05) is 58.4 Å². The molecule has 0 aromatic carbocycles. The summed E-state index contributed by atoms with van der Waals surface area (Å²) >= 11 is 18.4. The number of nitriles is 1. The quantitative estimate of drug-likeness (QED) is 0.0279. The number of aliphatic hydroxyl groups is 5. The second-order valence-electron chi connectivity index (χ2n) is 20.3. The van der Waals surface area contributed by atoms with Crippen LogP contribution >= 0.6 is 57.7 Å². The van der Waals surface area contributed by atoms with Gasteiger partial charge in [-0.2, -0.15) is 14.0 Å². The van der Waals surface area contributed by atoms with E-state index in [1.54, 1.807) is 22.3 Å². The van der Waals surface area contributed by atoms with Gasteiger partial charge < -0.3 is 88.5 Å². The van der Waals surface area contributed by atoms with Gasteiger partial charge in [-0.1, -0.05) is 34.2 Å². The van der Waals surface area contributed by atoms with Crippen LogP contribution in [0.5, 0.6) is 0 Å². The zero-order valence-electron chi connectivity index (χ0n) is 47.0. The second-order valence-corrected chi connectivity index (χ2v) is 27.1. The minimum atomic E-state index is -1.50. The summed E-state index contributed by atoms with van der Waals surface area (Å²) in [4.78, 5) is 71.8. The molecule has 36 heteroatoms. The Kier molecular flexibility index (Phi) is 35.6. The minimum Gasteiger partial charge on any atom is -0.466 e. The summed E-state index contributed by atoms with van der Waals surface area (Å²) in [6.07, 6.45) is 4.29. The van der Waals surface area contributed by atoms with Crippen molar-refractivity contribution in [1.82, 2.24) is 50.5 Å². The van der Waals surface area contributed by atoms with Crippen molar-refractivity contribution in [3.05, 3.63) is 29.4 Å². The number of hydrogen-bond donors (Lipinski definition) is 14. The fourth-order valence-electron chi connectivity index (χ4n) is 7.65. The van der Waals surface area contributed by atoms with Crippen molar-refractivity contribution < 1.29 is 72.2 Å². The number of epoxide rings is 1. The van der Waals surface area contributed by atoms with Crippen LogP contribution in [-0.4, -0.2) is 218 Å². The molecular formula is C48H80Cl3F2IN16O13Si. The van der Waals surface area contributed by atoms with Gasteiger partial charge in [-0.25, -0.2) is 29.2 Å². The second kappa shape index (κ2) is 39.4. The van der Waals surface area contributed by atoms with Crippen molar-refractivity contribution in [1.29, 1.82) is 5.26 Å². The largest absolute Gasteiger partial charge is 0.466 e. The van der Waals surface area contributed by atoms with Gasteiger partial charge in [0.2, 0.25) is 29.4 Å². The Labute approximate surface area is 515 Å². The van der Waals surface area contributed by atoms with Crippen LogP contribution in [0.4, 0.5) is 26.2 Å². The van der Waals surface area contributed by atoms with Crippen molar-refractivity contribution in [2.24, 2.45) is 11.5 Å². The normalized spacial score (nSPS) is 27.2. The van der Waals surface area contributed by atoms with E-state index in [1.165, 1.54) is 6.33 Å². The maximum absolute atomic E-state index is 13.6. The lowest BCUT2D eigenvalue weighted by atomic mass is 10.0. The van der Waals surface area contributed by atoms with Gasteiger partial charge in [-0.15, -0.1) is 0 Å². The highest BCUT2D eigenvalue weighted by Crippen LogP contribution is 2.28. The molecule has 2 aromatic heterocycles. The smallest absolute Gasteiger partial charge is 0.308 e. The molecule has 84 heavy (non-hydrogen) atoms. The van der Waals surface area contributed by atoms with E-state index in [0.29, 0.717) is 65.0 Å². The molecule has 0 radical (unpaired) electrons. The average Bonchev–Trinajstić information content (AvgIpc) is 3.25. The molecule has 7 aliphatic heterocycles. The van der Waals surface area contributed by atoms with Crippen LogP contribution < -0.4 is 53.9 Å². The van der Waals surface area contributed by atoms with E-state index in [9.17, 15) is 43.0 Å². The number of aliphatic hydroxyl groups excluding tert-OH is 5. The molecule has 0 aliphatic carbocycles. The number of alkyl halides is 1. The van der Waals surface area contributed by atoms with E-state index in [-0.39, 0.29) is 99.9 Å². The summed E-state index contributed by atoms with van der Waals surface area (Å²) in [5, 5.41) is 64.0. The van der Waals surface area contributed by atoms with Crippen LogP contribution in [0.2, 0.25) is 24.8 Å². The number of carbonyl (C=O) groups excluding carboxylic acids is 5. The van der Waals surface area contributed by atoms with Crippen molar-refractivity contribution in [3.63, 3.8) is 0 Å². The molecule has 0 unspecified atom stereocenters. The maximum atomic E-state index is 13.6. The molecule has 12 atom stereocenters. The predicted octanol–water partition coefficient (Wildman–Crippen LogP) is -1.26. The molecule has 2 aromatic rings. The van der Waals surface area contributed by atoms with Crippen molar-refractivity contribution >= 4 is 113 Å². The first-order valence-electron chi connectivity index (χ1n) is 26.7. The summed E-state index contributed by atoms with van der Waals surface area (Å²) in [6, 6.07) is 0.531. The number of anilines is 3.